The minimum Gasteiger partial charge on any atom is -0.490 e. The number of ether oxygens (including phenoxy) is 1. The molecule has 1 aliphatic heterocycles. The van der Waals surface area contributed by atoms with E-state index in [9.17, 15) is 0 Å². The number of piperidine rings is 1. The van der Waals surface area contributed by atoms with Crippen molar-refractivity contribution in [3.05, 3.63) is 78.3 Å². The number of hydrogen-bond acceptors (Lipinski definition) is 7. The predicted octanol–water partition coefficient (Wildman–Crippen LogP) is 4.28. The maximum absolute atomic E-state index is 6.54. The van der Waals surface area contributed by atoms with Gasteiger partial charge in [-0.05, 0) is 50.6 Å². The van der Waals surface area contributed by atoms with E-state index in [0.717, 1.165) is 80.3 Å². The van der Waals surface area contributed by atoms with E-state index in [1.54, 1.807) is 19.7 Å². The number of nitrogens with one attached hydrogen (secondary N) is 3. The number of likely N-dealkylation sites (N-methyl/N-ethyl adjacent to an activating group) is 1. The Morgan fingerprint density at radius 2 is 1.93 bits per heavy atom. The Balaban J connectivity index is 1.93. The zero-order valence-electron chi connectivity index (χ0n) is 27.2. The summed E-state index contributed by atoms with van der Waals surface area (Å²) >= 11 is 0. The first-order valence-corrected chi connectivity index (χ1v) is 15.5. The molecule has 1 unspecified atom stereocenters. The minimum atomic E-state index is 0.0925. The number of para-hydroxylation sites is 1. The normalized spacial score (nSPS) is 15.9. The number of rotatable bonds is 20. The van der Waals surface area contributed by atoms with Gasteiger partial charge < -0.3 is 36.2 Å². The lowest BCUT2D eigenvalue weighted by Crippen LogP contribution is -2.37. The van der Waals surface area contributed by atoms with Gasteiger partial charge >= 0.3 is 0 Å². The molecule has 0 aliphatic carbocycles. The molecule has 5 N–H and O–H groups in total. The largest absolute Gasteiger partial charge is 0.490 e. The number of nitrogens with two attached hydrogens (primary N) is 1. The quantitative estimate of drug-likeness (QED) is 0.0776. The Hall–Kier alpha value is -3.56. The second kappa shape index (κ2) is 20.4. The van der Waals surface area contributed by atoms with Crippen molar-refractivity contribution in [3.8, 4) is 5.75 Å². The van der Waals surface area contributed by atoms with Gasteiger partial charge in [0.15, 0.2) is 0 Å². The topological polar surface area (TPSA) is 103 Å². The maximum Gasteiger partial charge on any atom is 0.124 e. The zero-order valence-corrected chi connectivity index (χ0v) is 27.2. The van der Waals surface area contributed by atoms with Crippen LogP contribution in [-0.4, -0.2) is 88.5 Å². The highest BCUT2D eigenvalue weighted by molar-refractivity contribution is 5.58. The van der Waals surface area contributed by atoms with Crippen LogP contribution in [0.2, 0.25) is 0 Å². The Kier molecular flexibility index (Phi) is 16.9. The van der Waals surface area contributed by atoms with Crippen LogP contribution < -0.4 is 26.4 Å². The summed E-state index contributed by atoms with van der Waals surface area (Å²) in [5.74, 6) is 2.10. The van der Waals surface area contributed by atoms with E-state index in [0.29, 0.717) is 13.1 Å². The van der Waals surface area contributed by atoms with Crippen LogP contribution in [0.4, 0.5) is 0 Å². The Labute approximate surface area is 260 Å². The molecule has 1 fully saturated rings. The maximum atomic E-state index is 6.54. The monoisotopic (exact) mass is 592 g/mol. The van der Waals surface area contributed by atoms with Crippen LogP contribution in [0, 0.1) is 5.92 Å². The van der Waals surface area contributed by atoms with Crippen molar-refractivity contribution in [2.75, 3.05) is 53.9 Å². The minimum absolute atomic E-state index is 0.0925. The van der Waals surface area contributed by atoms with E-state index >= 15 is 0 Å². The zero-order chi connectivity index (χ0) is 31.5. The first-order chi connectivity index (χ1) is 20.7. The fourth-order valence-electron chi connectivity index (χ4n) is 4.74. The number of allylic oxidation sites excluding steroid dienone is 3. The van der Waals surface area contributed by atoms with Crippen LogP contribution in [0.15, 0.2) is 82.7 Å². The molecule has 43 heavy (non-hydrogen) atoms. The molecule has 2 rings (SSSR count). The molecule has 238 valence electrons. The fraction of sp³-hybridized carbons (Fsp3) is 0.529. The molecule has 1 atom stereocenters. The summed E-state index contributed by atoms with van der Waals surface area (Å²) in [5, 5.41) is 10.1. The van der Waals surface area contributed by atoms with Gasteiger partial charge in [0.25, 0.3) is 0 Å². The lowest BCUT2D eigenvalue weighted by atomic mass is 10.0. The average Bonchev–Trinajstić information content (AvgIpc) is 2.98. The summed E-state index contributed by atoms with van der Waals surface area (Å²) in [5.41, 5.74) is 9.49. The predicted molar refractivity (Wildman–Crippen MR) is 184 cm³/mol. The highest BCUT2D eigenvalue weighted by Gasteiger charge is 2.21. The number of benzene rings is 1. The SMILES string of the molecule is C=C/C(=C(/NC=NCCC(N)CCNC=NC)NCc1ccccc1OC1CCN(C(=C)/C=C/CN(C)C)CC1)C(C)C. The van der Waals surface area contributed by atoms with Gasteiger partial charge in [-0.15, -0.1) is 0 Å². The van der Waals surface area contributed by atoms with Gasteiger partial charge in [-0.2, -0.15) is 0 Å². The first-order valence-electron chi connectivity index (χ1n) is 15.5. The van der Waals surface area contributed by atoms with Gasteiger partial charge in [0.2, 0.25) is 0 Å². The molecule has 0 saturated carbocycles. The molecule has 0 spiro atoms. The Bertz CT molecular complexity index is 1080. The van der Waals surface area contributed by atoms with Gasteiger partial charge in [0.05, 0.1) is 12.7 Å². The average molecular weight is 593 g/mol. The van der Waals surface area contributed by atoms with Crippen molar-refractivity contribution in [1.82, 2.24) is 25.8 Å². The smallest absolute Gasteiger partial charge is 0.124 e. The third-order valence-corrected chi connectivity index (χ3v) is 7.29. The second-order valence-electron chi connectivity index (χ2n) is 11.5. The molecule has 9 heteroatoms. The van der Waals surface area contributed by atoms with E-state index in [4.69, 9.17) is 10.5 Å². The number of hydrogen-bond donors (Lipinski definition) is 4. The van der Waals surface area contributed by atoms with E-state index in [-0.39, 0.29) is 18.1 Å². The Morgan fingerprint density at radius 1 is 1.19 bits per heavy atom. The standard InChI is InChI=1S/C34H56N8O/c1-8-32(27(2)3)34(40-26-38-20-16-30(35)15-19-37-25-36-5)39-24-29-13-9-10-14-33(29)43-31-17-22-42(23-18-31)28(4)12-11-21-41(6)7/h8-14,25-27,30-31,39H,1,4,15-24,35H2,2-3,5-7H3,(H,36,37)(H,38,40)/b12-11+,34-32-. The van der Waals surface area contributed by atoms with Crippen LogP contribution in [-0.2, 0) is 6.54 Å². The van der Waals surface area contributed by atoms with Gasteiger partial charge in [0.1, 0.15) is 17.7 Å². The summed E-state index contributed by atoms with van der Waals surface area (Å²) in [6.07, 6.45) is 13.4. The van der Waals surface area contributed by atoms with Crippen molar-refractivity contribution in [3.63, 3.8) is 0 Å². The van der Waals surface area contributed by atoms with Crippen molar-refractivity contribution in [2.45, 2.75) is 58.2 Å². The second-order valence-corrected chi connectivity index (χ2v) is 11.5. The summed E-state index contributed by atoms with van der Waals surface area (Å²) < 4.78 is 6.54. The number of nitrogens with zero attached hydrogens (tertiary/aromatic N) is 4. The summed E-state index contributed by atoms with van der Waals surface area (Å²) in [7, 11) is 5.88. The lowest BCUT2D eigenvalue weighted by Gasteiger charge is -2.34. The van der Waals surface area contributed by atoms with E-state index in [1.165, 1.54) is 0 Å². The molecule has 1 aromatic carbocycles. The summed E-state index contributed by atoms with van der Waals surface area (Å²) in [6, 6.07) is 8.37. The molecule has 9 nitrogen and oxygen atoms in total. The van der Waals surface area contributed by atoms with Crippen LogP contribution in [0.25, 0.3) is 0 Å². The van der Waals surface area contributed by atoms with Crippen LogP contribution in [0.1, 0.15) is 45.1 Å². The first kappa shape index (κ1) is 35.6. The highest BCUT2D eigenvalue weighted by atomic mass is 16.5. The van der Waals surface area contributed by atoms with Gasteiger partial charge in [-0.3, -0.25) is 9.98 Å². The van der Waals surface area contributed by atoms with Crippen LogP contribution >= 0.6 is 0 Å². The molecule has 0 radical (unpaired) electrons. The van der Waals surface area contributed by atoms with E-state index < -0.39 is 0 Å². The van der Waals surface area contributed by atoms with Gasteiger partial charge in [0, 0.05) is 76.5 Å². The molecule has 0 aromatic heterocycles. The number of likely N-dealkylation sites (tertiary alicyclic amines) is 1. The van der Waals surface area contributed by atoms with E-state index in [2.05, 4.69) is 107 Å². The molecular weight excluding hydrogens is 536 g/mol. The van der Waals surface area contributed by atoms with Crippen molar-refractivity contribution >= 4 is 12.7 Å². The molecule has 1 heterocycles. The van der Waals surface area contributed by atoms with Gasteiger partial charge in [-0.25, -0.2) is 0 Å². The molecule has 1 aromatic rings. The number of aliphatic imine (C=N–C) groups is 2. The van der Waals surface area contributed by atoms with Crippen LogP contribution in [0.5, 0.6) is 5.75 Å². The van der Waals surface area contributed by atoms with Gasteiger partial charge in [-0.1, -0.05) is 57.4 Å². The molecular formula is C34H56N8O. The molecule has 1 saturated heterocycles. The molecule has 0 amide bonds. The third kappa shape index (κ3) is 14.0. The summed E-state index contributed by atoms with van der Waals surface area (Å²) in [4.78, 5) is 13.0. The van der Waals surface area contributed by atoms with Crippen molar-refractivity contribution in [1.29, 1.82) is 0 Å². The fourth-order valence-corrected chi connectivity index (χ4v) is 4.74. The molecule has 1 aliphatic rings. The molecule has 0 bridgehead atoms. The van der Waals surface area contributed by atoms with Crippen molar-refractivity contribution < 1.29 is 4.74 Å². The highest BCUT2D eigenvalue weighted by Crippen LogP contribution is 2.25. The third-order valence-electron chi connectivity index (χ3n) is 7.29. The van der Waals surface area contributed by atoms with Crippen molar-refractivity contribution in [2.24, 2.45) is 21.6 Å². The van der Waals surface area contributed by atoms with E-state index in [1.807, 2.05) is 12.1 Å². The summed E-state index contributed by atoms with van der Waals surface area (Å²) in [6.45, 7) is 17.5. The van der Waals surface area contributed by atoms with Crippen LogP contribution in [0.3, 0.4) is 0 Å². The lowest BCUT2D eigenvalue weighted by molar-refractivity contribution is 0.118. The Morgan fingerprint density at radius 3 is 2.60 bits per heavy atom.